The topological polar surface area (TPSA) is 17.1 Å². The average Bonchev–Trinajstić information content (AvgIpc) is 2.35. The van der Waals surface area contributed by atoms with Crippen molar-refractivity contribution in [1.29, 1.82) is 0 Å². The maximum absolute atomic E-state index is 12.3. The molecule has 0 unspecified atom stereocenters. The monoisotopic (exact) mass is 478 g/mol. The highest BCUT2D eigenvalue weighted by Gasteiger charge is 2.12. The zero-order valence-corrected chi connectivity index (χ0v) is 14.6. The van der Waals surface area contributed by atoms with Crippen molar-refractivity contribution in [1.82, 2.24) is 0 Å². The van der Waals surface area contributed by atoms with Crippen LogP contribution in [-0.2, 0) is 6.42 Å². The van der Waals surface area contributed by atoms with Crippen molar-refractivity contribution in [3.05, 3.63) is 66.1 Å². The van der Waals surface area contributed by atoms with Crippen molar-refractivity contribution < 1.29 is 4.79 Å². The molecule has 0 aliphatic heterocycles. The number of hydrogen-bond donors (Lipinski definition) is 0. The van der Waals surface area contributed by atoms with E-state index < -0.39 is 0 Å². The van der Waals surface area contributed by atoms with Crippen molar-refractivity contribution in [2.24, 2.45) is 0 Å². The lowest BCUT2D eigenvalue weighted by molar-refractivity contribution is 0.0992. The Balaban J connectivity index is 2.28. The summed E-state index contributed by atoms with van der Waals surface area (Å²) in [6.07, 6.45) is 0.411. The quantitative estimate of drug-likeness (QED) is 0.434. The largest absolute Gasteiger partial charge is 0.294 e. The molecule has 4 heteroatoms. The molecule has 0 heterocycles. The Morgan fingerprint density at radius 2 is 1.83 bits per heavy atom. The van der Waals surface area contributed by atoms with Crippen molar-refractivity contribution >= 4 is 60.2 Å². The van der Waals surface area contributed by atoms with Gasteiger partial charge >= 0.3 is 0 Å². The summed E-state index contributed by atoms with van der Waals surface area (Å²) in [6, 6.07) is 13.6. The number of carbonyl (C=O) groups is 1. The number of Topliss-reactive ketones (excluding diaryl/α,β-unsaturated/α-hetero) is 1. The van der Waals surface area contributed by atoms with Crippen LogP contribution in [0.25, 0.3) is 0 Å². The summed E-state index contributed by atoms with van der Waals surface area (Å²) in [7, 11) is 0. The molecule has 0 N–H and O–H groups in total. The molecule has 0 atom stereocenters. The smallest absolute Gasteiger partial charge is 0.168 e. The molecule has 1 nitrogen and oxygen atoms in total. The Morgan fingerprint density at radius 3 is 2.56 bits per heavy atom. The average molecular weight is 480 g/mol. The molecule has 0 saturated carbocycles. The minimum Gasteiger partial charge on any atom is -0.294 e. The Bertz CT molecular complexity index is 596. The zero-order chi connectivity index (χ0) is 13.1. The van der Waals surface area contributed by atoms with Crippen LogP contribution >= 0.6 is 54.5 Å². The van der Waals surface area contributed by atoms with Crippen LogP contribution in [0.2, 0.25) is 0 Å². The van der Waals surface area contributed by atoms with E-state index in [1.54, 1.807) is 0 Å². The first kappa shape index (κ1) is 14.2. The summed E-state index contributed by atoms with van der Waals surface area (Å²) in [4.78, 5) is 12.3. The number of benzene rings is 2. The van der Waals surface area contributed by atoms with Crippen LogP contribution in [0.4, 0.5) is 0 Å². The predicted octanol–water partition coefficient (Wildman–Crippen LogP) is 5.24. The second-order valence-electron chi connectivity index (χ2n) is 3.82. The van der Waals surface area contributed by atoms with Crippen molar-refractivity contribution in [2.45, 2.75) is 6.42 Å². The highest BCUT2D eigenvalue weighted by molar-refractivity contribution is 14.1. The molecule has 92 valence electrons. The second kappa shape index (κ2) is 6.30. The van der Waals surface area contributed by atoms with Crippen molar-refractivity contribution in [2.75, 3.05) is 0 Å². The van der Waals surface area contributed by atoms with Gasteiger partial charge in [-0.15, -0.1) is 0 Å². The van der Waals surface area contributed by atoms with Gasteiger partial charge in [0, 0.05) is 24.5 Å². The van der Waals surface area contributed by atoms with E-state index in [0.717, 1.165) is 23.6 Å². The molecule has 0 bridgehead atoms. The molecule has 2 aromatic rings. The third kappa shape index (κ3) is 3.42. The van der Waals surface area contributed by atoms with Crippen LogP contribution in [0.5, 0.6) is 0 Å². The predicted molar refractivity (Wildman–Crippen MR) is 89.0 cm³/mol. The molecule has 2 aromatic carbocycles. The first-order valence-electron chi connectivity index (χ1n) is 5.29. The maximum Gasteiger partial charge on any atom is 0.168 e. The Hall–Kier alpha value is -0.200. The lowest BCUT2D eigenvalue weighted by Crippen LogP contribution is -2.06. The molecule has 0 saturated heterocycles. The molecular weight excluding hydrogens is 471 g/mol. The molecule has 18 heavy (non-hydrogen) atoms. The Kier molecular flexibility index (Phi) is 4.98. The third-order valence-electron chi connectivity index (χ3n) is 2.54. The fourth-order valence-electron chi connectivity index (χ4n) is 1.62. The molecule has 0 aliphatic rings. The summed E-state index contributed by atoms with van der Waals surface area (Å²) < 4.78 is 2.88. The summed E-state index contributed by atoms with van der Waals surface area (Å²) in [5, 5.41) is 0. The number of rotatable bonds is 3. The van der Waals surface area contributed by atoms with Gasteiger partial charge in [0.05, 0.1) is 0 Å². The molecule has 0 fully saturated rings. The fraction of sp³-hybridized carbons (Fsp3) is 0.0714. The number of halogens is 3. The Labute approximate surface area is 136 Å². The summed E-state index contributed by atoms with van der Waals surface area (Å²) in [5.41, 5.74) is 1.78. The minimum absolute atomic E-state index is 0.132. The van der Waals surface area contributed by atoms with Gasteiger partial charge < -0.3 is 0 Å². The summed E-state index contributed by atoms with van der Waals surface area (Å²) >= 11 is 9.06. The molecule has 0 spiro atoms. The van der Waals surface area contributed by atoms with Gasteiger partial charge in [0.1, 0.15) is 0 Å². The van der Waals surface area contributed by atoms with Crippen LogP contribution in [0.1, 0.15) is 15.9 Å². The SMILES string of the molecule is O=C(Cc1ccccc1Br)c1cc(Br)ccc1I. The second-order valence-corrected chi connectivity index (χ2v) is 6.75. The number of carbonyl (C=O) groups excluding carboxylic acids is 1. The number of hydrogen-bond acceptors (Lipinski definition) is 1. The van der Waals surface area contributed by atoms with E-state index in [1.807, 2.05) is 42.5 Å². The lowest BCUT2D eigenvalue weighted by Gasteiger charge is -2.06. The van der Waals surface area contributed by atoms with Crippen LogP contribution in [0, 0.1) is 3.57 Å². The van der Waals surface area contributed by atoms with Gasteiger partial charge in [0.15, 0.2) is 5.78 Å². The van der Waals surface area contributed by atoms with E-state index in [-0.39, 0.29) is 5.78 Å². The normalized spacial score (nSPS) is 10.4. The van der Waals surface area contributed by atoms with Gasteiger partial charge in [-0.05, 0) is 52.4 Å². The van der Waals surface area contributed by atoms with Gasteiger partial charge in [-0.25, -0.2) is 0 Å². The van der Waals surface area contributed by atoms with E-state index in [2.05, 4.69) is 54.5 Å². The van der Waals surface area contributed by atoms with Crippen molar-refractivity contribution in [3.8, 4) is 0 Å². The molecule has 2 rings (SSSR count). The Morgan fingerprint density at radius 1 is 1.11 bits per heavy atom. The minimum atomic E-state index is 0.132. The van der Waals surface area contributed by atoms with Gasteiger partial charge in [-0.1, -0.05) is 50.1 Å². The summed E-state index contributed by atoms with van der Waals surface area (Å²) in [5.74, 6) is 0.132. The lowest BCUT2D eigenvalue weighted by atomic mass is 10.0. The molecule has 0 aromatic heterocycles. The summed E-state index contributed by atoms with van der Waals surface area (Å²) in [6.45, 7) is 0. The maximum atomic E-state index is 12.3. The fourth-order valence-corrected chi connectivity index (χ4v) is 3.04. The first-order chi connectivity index (χ1) is 8.58. The first-order valence-corrected chi connectivity index (χ1v) is 7.96. The number of ketones is 1. The van der Waals surface area contributed by atoms with E-state index in [1.165, 1.54) is 0 Å². The van der Waals surface area contributed by atoms with Gasteiger partial charge in [-0.2, -0.15) is 0 Å². The highest BCUT2D eigenvalue weighted by atomic mass is 127. The van der Waals surface area contributed by atoms with Crippen LogP contribution in [0.15, 0.2) is 51.4 Å². The zero-order valence-electron chi connectivity index (χ0n) is 9.29. The molecule has 0 amide bonds. The molecule has 0 radical (unpaired) electrons. The van der Waals surface area contributed by atoms with Gasteiger partial charge in [-0.3, -0.25) is 4.79 Å². The van der Waals surface area contributed by atoms with Crippen molar-refractivity contribution in [3.63, 3.8) is 0 Å². The highest BCUT2D eigenvalue weighted by Crippen LogP contribution is 2.22. The van der Waals surface area contributed by atoms with E-state index in [4.69, 9.17) is 0 Å². The molecular formula is C14H9Br2IO. The van der Waals surface area contributed by atoms with E-state index in [0.29, 0.717) is 6.42 Å². The van der Waals surface area contributed by atoms with Crippen LogP contribution in [-0.4, -0.2) is 5.78 Å². The van der Waals surface area contributed by atoms with E-state index >= 15 is 0 Å². The third-order valence-corrected chi connectivity index (χ3v) is 4.75. The molecule has 0 aliphatic carbocycles. The van der Waals surface area contributed by atoms with Gasteiger partial charge in [0.25, 0.3) is 0 Å². The standard InChI is InChI=1S/C14H9Br2IO/c15-10-5-6-13(17)11(8-10)14(18)7-9-3-1-2-4-12(9)16/h1-6,8H,7H2. The van der Waals surface area contributed by atoms with Gasteiger partial charge in [0.2, 0.25) is 0 Å². The van der Waals surface area contributed by atoms with Crippen LogP contribution < -0.4 is 0 Å². The van der Waals surface area contributed by atoms with Crippen LogP contribution in [0.3, 0.4) is 0 Å². The van der Waals surface area contributed by atoms with E-state index in [9.17, 15) is 4.79 Å².